The molecule has 1 aliphatic heterocycles. The SMILES string of the molecule is O=C1CNC(C(=O)NCCc2ccsc2)CN1. The van der Waals surface area contributed by atoms with Gasteiger partial charge in [-0.3, -0.25) is 14.9 Å². The smallest absolute Gasteiger partial charge is 0.238 e. The zero-order valence-electron chi connectivity index (χ0n) is 9.36. The lowest BCUT2D eigenvalue weighted by atomic mass is 10.2. The molecule has 1 aliphatic rings. The van der Waals surface area contributed by atoms with E-state index in [1.165, 1.54) is 5.56 Å². The number of carbonyl (C=O) groups excluding carboxylic acids is 2. The molecule has 1 atom stereocenters. The second-order valence-corrected chi connectivity index (χ2v) is 4.69. The summed E-state index contributed by atoms with van der Waals surface area (Å²) in [6.07, 6.45) is 0.842. The Kier molecular flexibility index (Phi) is 4.11. The Hall–Kier alpha value is -1.40. The summed E-state index contributed by atoms with van der Waals surface area (Å²) in [5.41, 5.74) is 1.24. The lowest BCUT2D eigenvalue weighted by Crippen LogP contribution is -2.58. The first-order valence-electron chi connectivity index (χ1n) is 5.54. The first kappa shape index (κ1) is 12.1. The second-order valence-electron chi connectivity index (χ2n) is 3.91. The van der Waals surface area contributed by atoms with Crippen molar-refractivity contribution in [1.82, 2.24) is 16.0 Å². The van der Waals surface area contributed by atoms with Crippen molar-refractivity contribution in [2.75, 3.05) is 19.6 Å². The molecule has 2 rings (SSSR count). The molecule has 2 amide bonds. The third-order valence-electron chi connectivity index (χ3n) is 2.62. The molecule has 1 unspecified atom stereocenters. The summed E-state index contributed by atoms with van der Waals surface area (Å²) < 4.78 is 0. The molecule has 1 saturated heterocycles. The van der Waals surface area contributed by atoms with Crippen LogP contribution in [-0.4, -0.2) is 37.5 Å². The van der Waals surface area contributed by atoms with Crippen LogP contribution in [0.25, 0.3) is 0 Å². The molecule has 0 radical (unpaired) electrons. The van der Waals surface area contributed by atoms with Crippen molar-refractivity contribution in [3.05, 3.63) is 22.4 Å². The lowest BCUT2D eigenvalue weighted by Gasteiger charge is -2.23. The fourth-order valence-electron chi connectivity index (χ4n) is 1.64. The Labute approximate surface area is 104 Å². The van der Waals surface area contributed by atoms with Crippen LogP contribution in [0, 0.1) is 0 Å². The maximum Gasteiger partial charge on any atom is 0.238 e. The van der Waals surface area contributed by atoms with Crippen LogP contribution in [0.3, 0.4) is 0 Å². The first-order chi connectivity index (χ1) is 8.25. The minimum Gasteiger partial charge on any atom is -0.354 e. The zero-order valence-corrected chi connectivity index (χ0v) is 10.2. The van der Waals surface area contributed by atoms with Crippen molar-refractivity contribution in [3.63, 3.8) is 0 Å². The van der Waals surface area contributed by atoms with Crippen LogP contribution in [0.5, 0.6) is 0 Å². The number of rotatable bonds is 4. The van der Waals surface area contributed by atoms with Crippen LogP contribution in [0.4, 0.5) is 0 Å². The van der Waals surface area contributed by atoms with Gasteiger partial charge in [0.1, 0.15) is 6.04 Å². The van der Waals surface area contributed by atoms with Crippen molar-refractivity contribution in [1.29, 1.82) is 0 Å². The van der Waals surface area contributed by atoms with Crippen LogP contribution >= 0.6 is 11.3 Å². The number of hydrogen-bond acceptors (Lipinski definition) is 4. The molecular weight excluding hydrogens is 238 g/mol. The van der Waals surface area contributed by atoms with E-state index in [1.54, 1.807) is 11.3 Å². The molecular formula is C11H15N3O2S. The summed E-state index contributed by atoms with van der Waals surface area (Å²) in [5.74, 6) is -0.118. The van der Waals surface area contributed by atoms with Gasteiger partial charge in [-0.2, -0.15) is 11.3 Å². The van der Waals surface area contributed by atoms with Gasteiger partial charge in [0.05, 0.1) is 6.54 Å². The predicted molar refractivity (Wildman–Crippen MR) is 65.8 cm³/mol. The number of piperazine rings is 1. The molecule has 1 aromatic rings. The predicted octanol–water partition coefficient (Wildman–Crippen LogP) is -0.505. The standard InChI is InChI=1S/C11H15N3O2S/c15-10-6-13-9(5-14-10)11(16)12-3-1-8-2-4-17-7-8/h2,4,7,9,13H,1,3,5-6H2,(H,12,16)(H,14,15). The molecule has 0 aromatic carbocycles. The van der Waals surface area contributed by atoms with Gasteiger partial charge in [-0.25, -0.2) is 0 Å². The Morgan fingerprint density at radius 3 is 3.12 bits per heavy atom. The summed E-state index contributed by atoms with van der Waals surface area (Å²) in [6, 6.07) is 1.74. The number of carbonyl (C=O) groups is 2. The summed E-state index contributed by atoms with van der Waals surface area (Å²) in [7, 11) is 0. The van der Waals surface area contributed by atoms with Gasteiger partial charge in [-0.15, -0.1) is 0 Å². The van der Waals surface area contributed by atoms with Crippen molar-refractivity contribution in [2.45, 2.75) is 12.5 Å². The monoisotopic (exact) mass is 253 g/mol. The highest BCUT2D eigenvalue weighted by atomic mass is 32.1. The average Bonchev–Trinajstić information content (AvgIpc) is 2.83. The van der Waals surface area contributed by atoms with E-state index < -0.39 is 0 Å². The fraction of sp³-hybridized carbons (Fsp3) is 0.455. The van der Waals surface area contributed by atoms with E-state index in [4.69, 9.17) is 0 Å². The molecule has 92 valence electrons. The minimum atomic E-state index is -0.310. The first-order valence-corrected chi connectivity index (χ1v) is 6.49. The van der Waals surface area contributed by atoms with E-state index in [2.05, 4.69) is 27.4 Å². The normalized spacial score (nSPS) is 19.8. The van der Waals surface area contributed by atoms with E-state index in [0.717, 1.165) is 6.42 Å². The van der Waals surface area contributed by atoms with E-state index >= 15 is 0 Å². The Morgan fingerprint density at radius 1 is 1.59 bits per heavy atom. The maximum absolute atomic E-state index is 11.7. The van der Waals surface area contributed by atoms with Gasteiger partial charge < -0.3 is 10.6 Å². The van der Waals surface area contributed by atoms with Gasteiger partial charge in [0.25, 0.3) is 0 Å². The molecule has 5 nitrogen and oxygen atoms in total. The maximum atomic E-state index is 11.7. The highest BCUT2D eigenvalue weighted by Gasteiger charge is 2.22. The van der Waals surface area contributed by atoms with Crippen LogP contribution in [0.15, 0.2) is 16.8 Å². The third-order valence-corrected chi connectivity index (χ3v) is 3.35. The van der Waals surface area contributed by atoms with Crippen LogP contribution in [0.1, 0.15) is 5.56 Å². The molecule has 1 fully saturated rings. The Bertz CT molecular complexity index is 381. The van der Waals surface area contributed by atoms with E-state index in [9.17, 15) is 9.59 Å². The summed E-state index contributed by atoms with van der Waals surface area (Å²) in [4.78, 5) is 22.6. The fourth-order valence-corrected chi connectivity index (χ4v) is 2.34. The number of nitrogens with one attached hydrogen (secondary N) is 3. The molecule has 6 heteroatoms. The summed E-state index contributed by atoms with van der Waals surface area (Å²) >= 11 is 1.65. The quantitative estimate of drug-likeness (QED) is 0.677. The van der Waals surface area contributed by atoms with Gasteiger partial charge >= 0.3 is 0 Å². The van der Waals surface area contributed by atoms with E-state index in [0.29, 0.717) is 13.1 Å². The van der Waals surface area contributed by atoms with Crippen molar-refractivity contribution in [3.8, 4) is 0 Å². The van der Waals surface area contributed by atoms with Gasteiger partial charge in [0.2, 0.25) is 11.8 Å². The van der Waals surface area contributed by atoms with Crippen LogP contribution in [0.2, 0.25) is 0 Å². The highest BCUT2D eigenvalue weighted by molar-refractivity contribution is 7.07. The molecule has 0 aliphatic carbocycles. The topological polar surface area (TPSA) is 70.2 Å². The molecule has 0 saturated carbocycles. The largest absolute Gasteiger partial charge is 0.354 e. The summed E-state index contributed by atoms with van der Waals surface area (Å²) in [5, 5.41) is 12.5. The molecule has 0 spiro atoms. The van der Waals surface area contributed by atoms with Gasteiger partial charge in [0, 0.05) is 13.1 Å². The second kappa shape index (κ2) is 5.79. The van der Waals surface area contributed by atoms with Crippen LogP contribution in [-0.2, 0) is 16.0 Å². The zero-order chi connectivity index (χ0) is 12.1. The summed E-state index contributed by atoms with van der Waals surface area (Å²) in [6.45, 7) is 1.20. The van der Waals surface area contributed by atoms with E-state index in [-0.39, 0.29) is 24.4 Å². The third kappa shape index (κ3) is 3.54. The van der Waals surface area contributed by atoms with Crippen molar-refractivity contribution in [2.24, 2.45) is 0 Å². The molecule has 17 heavy (non-hydrogen) atoms. The van der Waals surface area contributed by atoms with Gasteiger partial charge in [0.15, 0.2) is 0 Å². The number of thiophene rings is 1. The number of hydrogen-bond donors (Lipinski definition) is 3. The van der Waals surface area contributed by atoms with Gasteiger partial charge in [-0.05, 0) is 28.8 Å². The van der Waals surface area contributed by atoms with Gasteiger partial charge in [-0.1, -0.05) is 0 Å². The Morgan fingerprint density at radius 2 is 2.47 bits per heavy atom. The lowest BCUT2D eigenvalue weighted by molar-refractivity contribution is -0.126. The molecule has 3 N–H and O–H groups in total. The number of amides is 2. The van der Waals surface area contributed by atoms with Crippen molar-refractivity contribution < 1.29 is 9.59 Å². The highest BCUT2D eigenvalue weighted by Crippen LogP contribution is 2.05. The molecule has 1 aromatic heterocycles. The van der Waals surface area contributed by atoms with Crippen molar-refractivity contribution >= 4 is 23.2 Å². The van der Waals surface area contributed by atoms with Crippen LogP contribution < -0.4 is 16.0 Å². The van der Waals surface area contributed by atoms with E-state index in [1.807, 2.05) is 5.38 Å². The molecule has 2 heterocycles. The average molecular weight is 253 g/mol. The minimum absolute atomic E-state index is 0.0553. The Balaban J connectivity index is 1.68. The molecule has 0 bridgehead atoms.